The number of nitrogens with zero attached hydrogens (tertiary/aromatic N) is 3. The number of hydrogen-bond acceptors (Lipinski definition) is 3. The smallest absolute Gasteiger partial charge is 0.261 e. The van der Waals surface area contributed by atoms with Gasteiger partial charge in [0.05, 0.1) is 22.8 Å². The van der Waals surface area contributed by atoms with Crippen molar-refractivity contribution in [3.05, 3.63) is 70.5 Å². The highest BCUT2D eigenvalue weighted by Gasteiger charge is 2.16. The molecule has 0 radical (unpaired) electrons. The van der Waals surface area contributed by atoms with Crippen molar-refractivity contribution in [2.75, 3.05) is 0 Å². The van der Waals surface area contributed by atoms with Gasteiger partial charge in [-0.2, -0.15) is 0 Å². The van der Waals surface area contributed by atoms with Crippen molar-refractivity contribution in [1.29, 1.82) is 0 Å². The molecule has 0 N–H and O–H groups in total. The molecule has 5 heteroatoms. The van der Waals surface area contributed by atoms with Gasteiger partial charge in [0, 0.05) is 12.4 Å². The van der Waals surface area contributed by atoms with E-state index in [2.05, 4.69) is 9.97 Å². The Morgan fingerprint density at radius 3 is 2.76 bits per heavy atom. The van der Waals surface area contributed by atoms with Crippen LogP contribution < -0.4 is 5.56 Å². The van der Waals surface area contributed by atoms with Crippen LogP contribution in [0.3, 0.4) is 0 Å². The van der Waals surface area contributed by atoms with Gasteiger partial charge in [0.25, 0.3) is 5.56 Å². The van der Waals surface area contributed by atoms with Gasteiger partial charge in [0.1, 0.15) is 5.82 Å². The lowest BCUT2D eigenvalue weighted by Gasteiger charge is -2.19. The summed E-state index contributed by atoms with van der Waals surface area (Å²) in [6.45, 7) is 1.95. The van der Waals surface area contributed by atoms with Gasteiger partial charge in [0.2, 0.25) is 0 Å². The number of alkyl halides is 1. The van der Waals surface area contributed by atoms with E-state index in [1.807, 2.05) is 37.3 Å². The second kappa shape index (κ2) is 5.66. The zero-order valence-corrected chi connectivity index (χ0v) is 12.3. The van der Waals surface area contributed by atoms with Crippen molar-refractivity contribution in [3.8, 4) is 0 Å². The van der Waals surface area contributed by atoms with E-state index in [1.165, 1.54) is 0 Å². The first kappa shape index (κ1) is 13.8. The minimum atomic E-state index is -0.169. The molecule has 0 aliphatic carbocycles. The Bertz CT molecular complexity index is 830. The molecule has 0 saturated heterocycles. The maximum atomic E-state index is 12.8. The quantitative estimate of drug-likeness (QED) is 0.698. The summed E-state index contributed by atoms with van der Waals surface area (Å²) in [6, 6.07) is 10.9. The van der Waals surface area contributed by atoms with Gasteiger partial charge in [0.15, 0.2) is 0 Å². The zero-order chi connectivity index (χ0) is 14.8. The standard InChI is InChI=1S/C16H14ClN3O/c1-11(12-5-4-8-18-10-12)20-15(9-17)19-14-7-3-2-6-13(14)16(20)21/h2-8,10-11H,9H2,1H3. The second-order valence-corrected chi connectivity index (χ2v) is 5.08. The molecule has 3 rings (SSSR count). The molecule has 3 aromatic rings. The number of rotatable bonds is 3. The summed E-state index contributed by atoms with van der Waals surface area (Å²) in [6.07, 6.45) is 3.46. The van der Waals surface area contributed by atoms with Crippen molar-refractivity contribution < 1.29 is 0 Å². The molecule has 0 spiro atoms. The van der Waals surface area contributed by atoms with E-state index in [4.69, 9.17) is 11.6 Å². The molecule has 2 heterocycles. The van der Waals surface area contributed by atoms with Gasteiger partial charge in [-0.15, -0.1) is 11.6 Å². The predicted octanol–water partition coefficient (Wildman–Crippen LogP) is 3.14. The molecule has 1 aromatic carbocycles. The average Bonchev–Trinajstić information content (AvgIpc) is 2.55. The van der Waals surface area contributed by atoms with E-state index in [0.717, 1.165) is 5.56 Å². The minimum Gasteiger partial charge on any atom is -0.288 e. The third-order valence-corrected chi connectivity index (χ3v) is 3.79. The van der Waals surface area contributed by atoms with Gasteiger partial charge >= 0.3 is 0 Å². The number of para-hydroxylation sites is 1. The first-order valence-electron chi connectivity index (χ1n) is 6.68. The van der Waals surface area contributed by atoms with E-state index in [0.29, 0.717) is 16.7 Å². The van der Waals surface area contributed by atoms with Crippen molar-refractivity contribution in [2.45, 2.75) is 18.8 Å². The molecular weight excluding hydrogens is 286 g/mol. The van der Waals surface area contributed by atoms with Crippen LogP contribution in [-0.4, -0.2) is 14.5 Å². The Labute approximate surface area is 127 Å². The second-order valence-electron chi connectivity index (χ2n) is 4.82. The lowest BCUT2D eigenvalue weighted by molar-refractivity contribution is 0.582. The van der Waals surface area contributed by atoms with Crippen LogP contribution in [0.5, 0.6) is 0 Å². The molecule has 21 heavy (non-hydrogen) atoms. The van der Waals surface area contributed by atoms with Crippen LogP contribution in [0.1, 0.15) is 24.4 Å². The monoisotopic (exact) mass is 299 g/mol. The van der Waals surface area contributed by atoms with Crippen LogP contribution in [0.25, 0.3) is 10.9 Å². The molecule has 0 amide bonds. The van der Waals surface area contributed by atoms with Crippen molar-refractivity contribution in [2.24, 2.45) is 0 Å². The summed E-state index contributed by atoms with van der Waals surface area (Å²) in [4.78, 5) is 21.4. The highest BCUT2D eigenvalue weighted by atomic mass is 35.5. The summed E-state index contributed by atoms with van der Waals surface area (Å²) in [5.41, 5.74) is 1.54. The number of pyridine rings is 1. The van der Waals surface area contributed by atoms with Gasteiger partial charge in [-0.1, -0.05) is 18.2 Å². The summed E-state index contributed by atoms with van der Waals surface area (Å²) in [5.74, 6) is 0.752. The fourth-order valence-electron chi connectivity index (χ4n) is 2.46. The topological polar surface area (TPSA) is 47.8 Å². The van der Waals surface area contributed by atoms with E-state index in [1.54, 1.807) is 23.0 Å². The van der Waals surface area contributed by atoms with E-state index in [9.17, 15) is 4.79 Å². The molecule has 2 aromatic heterocycles. The maximum absolute atomic E-state index is 12.8. The minimum absolute atomic E-state index is 0.0763. The summed E-state index contributed by atoms with van der Waals surface area (Å²) >= 11 is 6.00. The van der Waals surface area contributed by atoms with Crippen LogP contribution in [0.15, 0.2) is 53.6 Å². The highest BCUT2D eigenvalue weighted by molar-refractivity contribution is 6.16. The zero-order valence-electron chi connectivity index (χ0n) is 11.5. The van der Waals surface area contributed by atoms with Crippen LogP contribution in [0, 0.1) is 0 Å². The van der Waals surface area contributed by atoms with E-state index >= 15 is 0 Å². The number of fused-ring (bicyclic) bond motifs is 1. The molecule has 0 aliphatic rings. The lowest BCUT2D eigenvalue weighted by atomic mass is 10.1. The Balaban J connectivity index is 2.26. The molecular formula is C16H14ClN3O. The Hall–Kier alpha value is -2.20. The van der Waals surface area contributed by atoms with Crippen molar-refractivity contribution >= 4 is 22.5 Å². The molecule has 4 nitrogen and oxygen atoms in total. The number of hydrogen-bond donors (Lipinski definition) is 0. The van der Waals surface area contributed by atoms with Gasteiger partial charge < -0.3 is 0 Å². The van der Waals surface area contributed by atoms with Crippen LogP contribution >= 0.6 is 11.6 Å². The van der Waals surface area contributed by atoms with Gasteiger partial charge in [-0.25, -0.2) is 4.98 Å². The number of halogens is 1. The highest BCUT2D eigenvalue weighted by Crippen LogP contribution is 2.19. The van der Waals surface area contributed by atoms with Crippen LogP contribution in [0.4, 0.5) is 0 Å². The van der Waals surface area contributed by atoms with Crippen molar-refractivity contribution in [1.82, 2.24) is 14.5 Å². The Morgan fingerprint density at radius 1 is 1.24 bits per heavy atom. The maximum Gasteiger partial charge on any atom is 0.261 e. The molecule has 0 aliphatic heterocycles. The largest absolute Gasteiger partial charge is 0.288 e. The van der Waals surface area contributed by atoms with E-state index < -0.39 is 0 Å². The Kier molecular flexibility index (Phi) is 3.71. The summed E-state index contributed by atoms with van der Waals surface area (Å²) in [5, 5.41) is 0.599. The summed E-state index contributed by atoms with van der Waals surface area (Å²) < 4.78 is 1.65. The van der Waals surface area contributed by atoms with Crippen LogP contribution in [0.2, 0.25) is 0 Å². The molecule has 0 bridgehead atoms. The van der Waals surface area contributed by atoms with Gasteiger partial charge in [-0.05, 0) is 30.7 Å². The van der Waals surface area contributed by atoms with E-state index in [-0.39, 0.29) is 17.5 Å². The fourth-order valence-corrected chi connectivity index (χ4v) is 2.65. The SMILES string of the molecule is CC(c1cccnc1)n1c(CCl)nc2ccccc2c1=O. The number of aromatic nitrogens is 3. The predicted molar refractivity (Wildman–Crippen MR) is 83.6 cm³/mol. The summed E-state index contributed by atoms with van der Waals surface area (Å²) in [7, 11) is 0. The van der Waals surface area contributed by atoms with Crippen molar-refractivity contribution in [3.63, 3.8) is 0 Å². The lowest BCUT2D eigenvalue weighted by Crippen LogP contribution is -2.28. The average molecular weight is 300 g/mol. The molecule has 1 atom stereocenters. The van der Waals surface area contributed by atoms with Crippen LogP contribution in [-0.2, 0) is 5.88 Å². The molecule has 106 valence electrons. The Morgan fingerprint density at radius 2 is 2.05 bits per heavy atom. The third-order valence-electron chi connectivity index (χ3n) is 3.55. The third kappa shape index (κ3) is 2.43. The first-order chi connectivity index (χ1) is 10.2. The molecule has 1 unspecified atom stereocenters. The number of benzene rings is 1. The van der Waals surface area contributed by atoms with Gasteiger partial charge in [-0.3, -0.25) is 14.3 Å². The molecule has 0 saturated carbocycles. The molecule has 0 fully saturated rings. The first-order valence-corrected chi connectivity index (χ1v) is 7.22. The normalized spacial score (nSPS) is 12.5. The fraction of sp³-hybridized carbons (Fsp3) is 0.188.